The number of nitrogens with two attached hydrogens (primary N) is 1. The summed E-state index contributed by atoms with van der Waals surface area (Å²) in [5.41, 5.74) is 6.22. The van der Waals surface area contributed by atoms with E-state index < -0.39 is 0 Å². The van der Waals surface area contributed by atoms with Crippen LogP contribution < -0.4 is 11.1 Å². The van der Waals surface area contributed by atoms with Crippen molar-refractivity contribution in [1.82, 2.24) is 10.3 Å². The largest absolute Gasteiger partial charge is 0.446 e. The van der Waals surface area contributed by atoms with Gasteiger partial charge in [-0.05, 0) is 55.6 Å². The van der Waals surface area contributed by atoms with Gasteiger partial charge in [0.1, 0.15) is 11.9 Å². The van der Waals surface area contributed by atoms with Gasteiger partial charge in [-0.25, -0.2) is 9.78 Å². The minimum Gasteiger partial charge on any atom is -0.446 e. The highest BCUT2D eigenvalue weighted by molar-refractivity contribution is 9.10. The van der Waals surface area contributed by atoms with Gasteiger partial charge in [0.05, 0.1) is 5.56 Å². The molecule has 118 valence electrons. The summed E-state index contributed by atoms with van der Waals surface area (Å²) in [6.07, 6.45) is 2.70. The fraction of sp³-hybridized carbons (Fsp3) is 0.500. The van der Waals surface area contributed by atoms with Crippen LogP contribution in [0.5, 0.6) is 0 Å². The van der Waals surface area contributed by atoms with E-state index >= 15 is 0 Å². The number of anilines is 1. The van der Waals surface area contributed by atoms with Crippen LogP contribution in [0.25, 0.3) is 0 Å². The topological polar surface area (TPSA) is 77.2 Å². The van der Waals surface area contributed by atoms with Crippen molar-refractivity contribution in [3.05, 3.63) is 22.3 Å². The molecule has 0 unspecified atom stereocenters. The molecule has 1 aromatic rings. The third kappa shape index (κ3) is 4.63. The minimum atomic E-state index is -0.372. The molecule has 1 saturated carbocycles. The maximum atomic E-state index is 11.6. The monoisotopic (exact) mass is 365 g/mol. The number of nitrogens with one attached hydrogen (secondary N) is 1. The van der Waals surface area contributed by atoms with Gasteiger partial charge in [0, 0.05) is 22.1 Å². The van der Waals surface area contributed by atoms with Gasteiger partial charge in [0.15, 0.2) is 0 Å². The van der Waals surface area contributed by atoms with Crippen LogP contribution >= 0.6 is 15.9 Å². The number of hydrogen-bond donors (Lipinski definition) is 2. The number of hydrogen-bond acceptors (Lipinski definition) is 4. The van der Waals surface area contributed by atoms with Crippen molar-refractivity contribution in [2.75, 3.05) is 5.73 Å². The Kier molecular flexibility index (Phi) is 4.97. The van der Waals surface area contributed by atoms with Crippen molar-refractivity contribution < 1.29 is 9.53 Å². The molecule has 0 aromatic carbocycles. The molecule has 2 rings (SSSR count). The number of nitrogens with zero attached hydrogens (tertiary/aromatic N) is 1. The highest BCUT2D eigenvalue weighted by Crippen LogP contribution is 2.30. The molecule has 0 radical (unpaired) electrons. The van der Waals surface area contributed by atoms with Crippen LogP contribution in [0.1, 0.15) is 39.2 Å². The van der Waals surface area contributed by atoms with Gasteiger partial charge in [-0.3, -0.25) is 0 Å². The lowest BCUT2D eigenvalue weighted by molar-refractivity contribution is 0.0303. The summed E-state index contributed by atoms with van der Waals surface area (Å²) in [5, 5.41) is 2.78. The van der Waals surface area contributed by atoms with E-state index in [9.17, 15) is 4.79 Å². The van der Waals surface area contributed by atoms with E-state index in [1.165, 1.54) is 0 Å². The molecule has 0 bridgehead atoms. The zero-order chi connectivity index (χ0) is 16.3. The third-order valence-electron chi connectivity index (χ3n) is 3.18. The SMILES string of the molecule is CC(C)(C)NC(=O)OC1CC(C#Cc2c(Br)ccnc2N)C1. The fourth-order valence-corrected chi connectivity index (χ4v) is 2.44. The molecule has 1 fully saturated rings. The van der Waals surface area contributed by atoms with E-state index in [0.717, 1.165) is 17.3 Å². The van der Waals surface area contributed by atoms with E-state index in [4.69, 9.17) is 10.5 Å². The molecule has 0 spiro atoms. The lowest BCUT2D eigenvalue weighted by Gasteiger charge is -2.32. The van der Waals surface area contributed by atoms with E-state index in [1.807, 2.05) is 26.8 Å². The number of pyridine rings is 1. The van der Waals surface area contributed by atoms with Gasteiger partial charge >= 0.3 is 6.09 Å². The Labute approximate surface area is 139 Å². The highest BCUT2D eigenvalue weighted by Gasteiger charge is 2.31. The molecule has 0 atom stereocenters. The Morgan fingerprint density at radius 1 is 1.50 bits per heavy atom. The van der Waals surface area contributed by atoms with Gasteiger partial charge < -0.3 is 15.8 Å². The zero-order valence-corrected chi connectivity index (χ0v) is 14.5. The Morgan fingerprint density at radius 3 is 2.77 bits per heavy atom. The van der Waals surface area contributed by atoms with Crippen LogP contribution in [0, 0.1) is 17.8 Å². The first kappa shape index (κ1) is 16.6. The third-order valence-corrected chi connectivity index (χ3v) is 3.84. The number of nitrogen functional groups attached to an aromatic ring is 1. The van der Waals surface area contributed by atoms with E-state index in [0.29, 0.717) is 11.4 Å². The molecule has 0 aliphatic heterocycles. The summed E-state index contributed by atoms with van der Waals surface area (Å²) >= 11 is 3.41. The van der Waals surface area contributed by atoms with Crippen molar-refractivity contribution >= 4 is 27.8 Å². The number of carbonyl (C=O) groups excluding carboxylic acids is 1. The first-order valence-electron chi connectivity index (χ1n) is 7.15. The van der Waals surface area contributed by atoms with Gasteiger partial charge in [0.2, 0.25) is 0 Å². The standard InChI is InChI=1S/C16H20BrN3O2/c1-16(2,3)20-15(21)22-11-8-10(9-11)4-5-12-13(17)6-7-19-14(12)18/h6-7,10-11H,8-9H2,1-3H3,(H2,18,19)(H,20,21). The van der Waals surface area contributed by atoms with Gasteiger partial charge in [0.25, 0.3) is 0 Å². The molecule has 6 heteroatoms. The Hall–Kier alpha value is -1.74. The number of aromatic nitrogens is 1. The Balaban J connectivity index is 1.84. The number of alkyl carbamates (subject to hydrolysis) is 1. The van der Waals surface area contributed by atoms with E-state index in [2.05, 4.69) is 38.1 Å². The van der Waals surface area contributed by atoms with Crippen LogP contribution in [-0.4, -0.2) is 22.7 Å². The molecule has 1 aromatic heterocycles. The second-order valence-corrected chi connectivity index (χ2v) is 7.25. The van der Waals surface area contributed by atoms with E-state index in [1.54, 1.807) is 6.20 Å². The highest BCUT2D eigenvalue weighted by atomic mass is 79.9. The number of ether oxygens (including phenoxy) is 1. The van der Waals surface area contributed by atoms with Gasteiger partial charge in [-0.1, -0.05) is 11.8 Å². The Bertz CT molecular complexity index is 602. The lowest BCUT2D eigenvalue weighted by Crippen LogP contribution is -2.44. The van der Waals surface area contributed by atoms with Crippen LogP contribution in [0.2, 0.25) is 0 Å². The molecular weight excluding hydrogens is 346 g/mol. The van der Waals surface area contributed by atoms with Crippen molar-refractivity contribution in [3.8, 4) is 11.8 Å². The maximum absolute atomic E-state index is 11.6. The second kappa shape index (κ2) is 6.57. The molecule has 3 N–H and O–H groups in total. The van der Waals surface area contributed by atoms with Crippen molar-refractivity contribution in [2.45, 2.75) is 45.3 Å². The van der Waals surface area contributed by atoms with Crippen molar-refractivity contribution in [1.29, 1.82) is 0 Å². The first-order valence-corrected chi connectivity index (χ1v) is 7.94. The number of amides is 1. The number of carbonyl (C=O) groups is 1. The quantitative estimate of drug-likeness (QED) is 0.749. The molecular formula is C16H20BrN3O2. The van der Waals surface area contributed by atoms with E-state index in [-0.39, 0.29) is 23.7 Å². The average Bonchev–Trinajstić information content (AvgIpc) is 2.32. The zero-order valence-electron chi connectivity index (χ0n) is 12.9. The summed E-state index contributed by atoms with van der Waals surface area (Å²) in [6.45, 7) is 5.75. The van der Waals surface area contributed by atoms with Crippen molar-refractivity contribution in [3.63, 3.8) is 0 Å². The van der Waals surface area contributed by atoms with Gasteiger partial charge in [-0.15, -0.1) is 0 Å². The van der Waals surface area contributed by atoms with Crippen LogP contribution in [0.15, 0.2) is 16.7 Å². The fourth-order valence-electron chi connectivity index (χ4n) is 2.02. The molecule has 1 aliphatic carbocycles. The molecule has 1 aliphatic rings. The molecule has 0 saturated heterocycles. The summed E-state index contributed by atoms with van der Waals surface area (Å²) in [5.74, 6) is 6.85. The van der Waals surface area contributed by atoms with Crippen molar-refractivity contribution in [2.24, 2.45) is 5.92 Å². The summed E-state index contributed by atoms with van der Waals surface area (Å²) in [4.78, 5) is 15.7. The molecule has 1 heterocycles. The smallest absolute Gasteiger partial charge is 0.407 e. The second-order valence-electron chi connectivity index (χ2n) is 6.39. The normalized spacial score (nSPS) is 20.4. The predicted octanol–water partition coefficient (Wildman–Crippen LogP) is 3.08. The minimum absolute atomic E-state index is 0.0589. The summed E-state index contributed by atoms with van der Waals surface area (Å²) < 4.78 is 6.17. The number of halogens is 1. The Morgan fingerprint density at radius 2 is 2.18 bits per heavy atom. The van der Waals surface area contributed by atoms with Gasteiger partial charge in [-0.2, -0.15) is 0 Å². The van der Waals surface area contributed by atoms with Crippen LogP contribution in [-0.2, 0) is 4.74 Å². The maximum Gasteiger partial charge on any atom is 0.407 e. The molecule has 22 heavy (non-hydrogen) atoms. The first-order chi connectivity index (χ1) is 10.2. The summed E-state index contributed by atoms with van der Waals surface area (Å²) in [6, 6.07) is 1.81. The molecule has 1 amide bonds. The average molecular weight is 366 g/mol. The van der Waals surface area contributed by atoms with Crippen LogP contribution in [0.4, 0.5) is 10.6 Å². The lowest BCUT2D eigenvalue weighted by atomic mass is 9.82. The predicted molar refractivity (Wildman–Crippen MR) is 89.1 cm³/mol. The molecule has 5 nitrogen and oxygen atoms in total. The van der Waals surface area contributed by atoms with Crippen LogP contribution in [0.3, 0.4) is 0 Å². The summed E-state index contributed by atoms with van der Waals surface area (Å²) in [7, 11) is 0. The number of rotatable bonds is 1.